The van der Waals surface area contributed by atoms with Crippen LogP contribution in [0.4, 0.5) is 0 Å². The van der Waals surface area contributed by atoms with Gasteiger partial charge in [0.15, 0.2) is 5.96 Å². The average molecular weight is 369 g/mol. The number of ether oxygens (including phenoxy) is 1. The van der Waals surface area contributed by atoms with Gasteiger partial charge in [-0.15, -0.1) is 0 Å². The normalized spacial score (nSPS) is 18.0. The van der Waals surface area contributed by atoms with Crippen molar-refractivity contribution in [2.75, 3.05) is 46.4 Å². The van der Waals surface area contributed by atoms with Gasteiger partial charge in [-0.05, 0) is 62.2 Å². The van der Waals surface area contributed by atoms with E-state index in [1.807, 2.05) is 6.07 Å². The van der Waals surface area contributed by atoms with Crippen LogP contribution < -0.4 is 15.4 Å². The Labute approximate surface area is 162 Å². The lowest BCUT2D eigenvalue weighted by atomic mass is 10.1. The van der Waals surface area contributed by atoms with Gasteiger partial charge >= 0.3 is 0 Å². The van der Waals surface area contributed by atoms with Gasteiger partial charge in [-0.2, -0.15) is 0 Å². The number of nitrogens with one attached hydrogen (secondary N) is 2. The molecule has 27 heavy (non-hydrogen) atoms. The second-order valence-electron chi connectivity index (χ2n) is 7.27. The van der Waals surface area contributed by atoms with Gasteiger partial charge in [-0.25, -0.2) is 0 Å². The zero-order valence-electron chi connectivity index (χ0n) is 16.6. The van der Waals surface area contributed by atoms with Crippen molar-refractivity contribution in [2.24, 2.45) is 10.9 Å². The smallest absolute Gasteiger partial charge is 0.191 e. The molecule has 0 saturated carbocycles. The van der Waals surface area contributed by atoms with Crippen molar-refractivity contribution in [3.05, 3.63) is 42.5 Å². The average Bonchev–Trinajstić information content (AvgIpc) is 3.11. The number of rotatable bonds is 8. The van der Waals surface area contributed by atoms with Crippen LogP contribution in [0.1, 0.15) is 19.8 Å². The molecule has 2 aromatic carbocycles. The highest BCUT2D eigenvalue weighted by Gasteiger charge is 2.18. The van der Waals surface area contributed by atoms with E-state index in [-0.39, 0.29) is 0 Å². The number of benzene rings is 2. The minimum Gasteiger partial charge on any atom is -0.494 e. The summed E-state index contributed by atoms with van der Waals surface area (Å²) in [5.41, 5.74) is 0. The maximum absolute atomic E-state index is 5.90. The first kappa shape index (κ1) is 19.5. The minimum atomic E-state index is 0.682. The molecule has 0 radical (unpaired) electrons. The Kier molecular flexibility index (Phi) is 7.34. The lowest BCUT2D eigenvalue weighted by molar-refractivity contribution is 0.311. The third-order valence-corrected chi connectivity index (χ3v) is 4.94. The maximum atomic E-state index is 5.90. The highest BCUT2D eigenvalue weighted by molar-refractivity contribution is 5.83. The summed E-state index contributed by atoms with van der Waals surface area (Å²) in [7, 11) is 2.18. The van der Waals surface area contributed by atoms with Gasteiger partial charge < -0.3 is 20.3 Å². The second-order valence-corrected chi connectivity index (χ2v) is 7.27. The van der Waals surface area contributed by atoms with E-state index >= 15 is 0 Å². The predicted octanol–water partition coefficient (Wildman–Crippen LogP) is 3.12. The molecule has 1 heterocycles. The quantitative estimate of drug-likeness (QED) is 0.427. The Balaban J connectivity index is 1.39. The molecule has 1 aliphatic rings. The van der Waals surface area contributed by atoms with Crippen molar-refractivity contribution in [1.82, 2.24) is 15.5 Å². The van der Waals surface area contributed by atoms with E-state index in [4.69, 9.17) is 9.73 Å². The Hall–Kier alpha value is -2.27. The van der Waals surface area contributed by atoms with Gasteiger partial charge in [0.05, 0.1) is 6.61 Å². The molecule has 0 bridgehead atoms. The van der Waals surface area contributed by atoms with Gasteiger partial charge in [0.1, 0.15) is 5.75 Å². The van der Waals surface area contributed by atoms with Crippen LogP contribution in [0.25, 0.3) is 10.8 Å². The zero-order chi connectivity index (χ0) is 18.9. The molecule has 1 saturated heterocycles. The molecule has 0 aromatic heterocycles. The highest BCUT2D eigenvalue weighted by Crippen LogP contribution is 2.20. The summed E-state index contributed by atoms with van der Waals surface area (Å²) in [5.74, 6) is 2.53. The SMILES string of the molecule is CCNC(=NCC1CCN(C)C1)NCCCOc1ccc2ccccc2c1. The van der Waals surface area contributed by atoms with Crippen LogP contribution in [0.15, 0.2) is 47.5 Å². The lowest BCUT2D eigenvalue weighted by Crippen LogP contribution is -2.38. The number of hydrogen-bond acceptors (Lipinski definition) is 3. The fourth-order valence-electron chi connectivity index (χ4n) is 3.46. The standard InChI is InChI=1S/C22H32N4O/c1-3-23-22(25-16-18-11-13-26(2)17-18)24-12-6-14-27-21-10-9-19-7-4-5-8-20(19)15-21/h4-5,7-10,15,18H,3,6,11-14,16-17H2,1-2H3,(H2,23,24,25). The first-order valence-corrected chi connectivity index (χ1v) is 10.1. The van der Waals surface area contributed by atoms with E-state index in [0.29, 0.717) is 12.5 Å². The molecule has 0 amide bonds. The summed E-state index contributed by atoms with van der Waals surface area (Å²) < 4.78 is 5.90. The van der Waals surface area contributed by atoms with E-state index in [1.54, 1.807) is 0 Å². The van der Waals surface area contributed by atoms with Crippen LogP contribution in [0.5, 0.6) is 5.75 Å². The lowest BCUT2D eigenvalue weighted by Gasteiger charge is -2.13. The first-order chi connectivity index (χ1) is 13.2. The van der Waals surface area contributed by atoms with Gasteiger partial charge in [0.25, 0.3) is 0 Å². The summed E-state index contributed by atoms with van der Waals surface area (Å²) in [4.78, 5) is 7.13. The van der Waals surface area contributed by atoms with Crippen LogP contribution in [-0.2, 0) is 0 Å². The molecule has 146 valence electrons. The largest absolute Gasteiger partial charge is 0.494 e. The topological polar surface area (TPSA) is 48.9 Å². The summed E-state index contributed by atoms with van der Waals surface area (Å²) in [5, 5.41) is 9.21. The number of nitrogens with zero attached hydrogens (tertiary/aromatic N) is 2. The van der Waals surface area contributed by atoms with Crippen LogP contribution in [-0.4, -0.2) is 57.2 Å². The van der Waals surface area contributed by atoms with E-state index < -0.39 is 0 Å². The van der Waals surface area contributed by atoms with E-state index in [9.17, 15) is 0 Å². The molecule has 2 N–H and O–H groups in total. The fourth-order valence-corrected chi connectivity index (χ4v) is 3.46. The molecule has 3 rings (SSSR count). The van der Waals surface area contributed by atoms with Gasteiger partial charge in [-0.1, -0.05) is 30.3 Å². The van der Waals surface area contributed by atoms with Crippen LogP contribution in [0.2, 0.25) is 0 Å². The number of fused-ring (bicyclic) bond motifs is 1. The zero-order valence-corrected chi connectivity index (χ0v) is 16.6. The number of hydrogen-bond donors (Lipinski definition) is 2. The Morgan fingerprint density at radius 1 is 1.19 bits per heavy atom. The monoisotopic (exact) mass is 368 g/mol. The van der Waals surface area contributed by atoms with Crippen LogP contribution in [0, 0.1) is 5.92 Å². The maximum Gasteiger partial charge on any atom is 0.191 e. The second kappa shape index (κ2) is 10.2. The van der Waals surface area contributed by atoms with Crippen LogP contribution in [0.3, 0.4) is 0 Å². The third-order valence-electron chi connectivity index (χ3n) is 4.94. The van der Waals surface area contributed by atoms with Gasteiger partial charge in [0.2, 0.25) is 0 Å². The molecule has 2 aromatic rings. The van der Waals surface area contributed by atoms with E-state index in [1.165, 1.54) is 23.7 Å². The molecule has 5 heteroatoms. The third kappa shape index (κ3) is 6.14. The van der Waals surface area contributed by atoms with Crippen molar-refractivity contribution in [3.8, 4) is 5.75 Å². The van der Waals surface area contributed by atoms with Crippen molar-refractivity contribution in [2.45, 2.75) is 19.8 Å². The Bertz CT molecular complexity index is 746. The summed E-state index contributed by atoms with van der Waals surface area (Å²) in [6.07, 6.45) is 2.18. The highest BCUT2D eigenvalue weighted by atomic mass is 16.5. The van der Waals surface area contributed by atoms with Gasteiger partial charge in [-0.3, -0.25) is 4.99 Å². The van der Waals surface area contributed by atoms with Crippen molar-refractivity contribution < 1.29 is 4.74 Å². The van der Waals surface area contributed by atoms with E-state index in [0.717, 1.165) is 44.3 Å². The summed E-state index contributed by atoms with van der Waals surface area (Å²) in [6.45, 7) is 7.77. The van der Waals surface area contributed by atoms with Crippen molar-refractivity contribution >= 4 is 16.7 Å². The molecule has 5 nitrogen and oxygen atoms in total. The number of guanidine groups is 1. The molecular formula is C22H32N4O. The predicted molar refractivity (Wildman–Crippen MR) is 114 cm³/mol. The first-order valence-electron chi connectivity index (χ1n) is 10.1. The molecule has 1 unspecified atom stereocenters. The van der Waals surface area contributed by atoms with Gasteiger partial charge in [0, 0.05) is 26.2 Å². The molecule has 1 fully saturated rings. The number of aliphatic imine (C=N–C) groups is 1. The summed E-state index contributed by atoms with van der Waals surface area (Å²) in [6, 6.07) is 14.6. The fraction of sp³-hybridized carbons (Fsp3) is 0.500. The van der Waals surface area contributed by atoms with E-state index in [2.05, 4.69) is 65.9 Å². The number of likely N-dealkylation sites (tertiary alicyclic amines) is 1. The molecule has 1 atom stereocenters. The molecular weight excluding hydrogens is 336 g/mol. The van der Waals surface area contributed by atoms with Crippen molar-refractivity contribution in [3.63, 3.8) is 0 Å². The minimum absolute atomic E-state index is 0.682. The molecule has 1 aliphatic heterocycles. The molecule has 0 spiro atoms. The summed E-state index contributed by atoms with van der Waals surface area (Å²) >= 11 is 0. The molecule has 0 aliphatic carbocycles. The Morgan fingerprint density at radius 3 is 2.81 bits per heavy atom. The van der Waals surface area contributed by atoms with Crippen molar-refractivity contribution in [1.29, 1.82) is 0 Å². The Morgan fingerprint density at radius 2 is 2.04 bits per heavy atom. The van der Waals surface area contributed by atoms with Crippen LogP contribution >= 0.6 is 0 Å².